The van der Waals surface area contributed by atoms with Crippen LogP contribution in [0.15, 0.2) is 30.4 Å². The molecule has 0 radical (unpaired) electrons. The van der Waals surface area contributed by atoms with E-state index in [0.29, 0.717) is 54.0 Å². The van der Waals surface area contributed by atoms with Gasteiger partial charge in [0.25, 0.3) is 11.8 Å². The lowest BCUT2D eigenvalue weighted by Crippen LogP contribution is -2.47. The predicted octanol–water partition coefficient (Wildman–Crippen LogP) is 6.42. The maximum atomic E-state index is 14.8. The summed E-state index contributed by atoms with van der Waals surface area (Å²) >= 11 is 0. The molecule has 54 heavy (non-hydrogen) atoms. The van der Waals surface area contributed by atoms with Crippen molar-refractivity contribution in [3.63, 3.8) is 0 Å². The zero-order valence-electron chi connectivity index (χ0n) is 32.4. The molecule has 1 fully saturated rings. The zero-order valence-corrected chi connectivity index (χ0v) is 32.4. The summed E-state index contributed by atoms with van der Waals surface area (Å²) in [6, 6.07) is 6.09. The number of nitrogens with zero attached hydrogens (tertiary/aromatic N) is 5. The highest BCUT2D eigenvalue weighted by atomic mass is 16.5. The molecular weight excluding hydrogens is 683 g/mol. The lowest BCUT2D eigenvalue weighted by Gasteiger charge is -2.31. The molecule has 7 heterocycles. The number of H-pyrrole nitrogens is 2. The third kappa shape index (κ3) is 6.82. The average Bonchev–Trinajstić information content (AvgIpc) is 3.81. The van der Waals surface area contributed by atoms with E-state index in [1.54, 1.807) is 0 Å². The third-order valence-electron chi connectivity index (χ3n) is 11.5. The normalized spacial score (nSPS) is 19.9. The molecule has 2 atom stereocenters. The maximum absolute atomic E-state index is 14.8. The molecule has 284 valence electrons. The number of carboxylic acids is 1. The molecule has 2 amide bonds. The van der Waals surface area contributed by atoms with E-state index in [4.69, 9.17) is 14.7 Å². The van der Waals surface area contributed by atoms with Gasteiger partial charge in [-0.05, 0) is 88.2 Å². The minimum absolute atomic E-state index is 0.0677. The van der Waals surface area contributed by atoms with Gasteiger partial charge in [0.05, 0.1) is 52.6 Å². The van der Waals surface area contributed by atoms with Crippen LogP contribution in [0.2, 0.25) is 0 Å². The monoisotopic (exact) mass is 733 g/mol. The van der Waals surface area contributed by atoms with Crippen LogP contribution in [0.4, 0.5) is 0 Å². The number of aliphatic carboxylic acids is 1. The lowest BCUT2D eigenvalue weighted by atomic mass is 9.84. The second-order valence-electron chi connectivity index (χ2n) is 15.2. The van der Waals surface area contributed by atoms with E-state index in [0.717, 1.165) is 82.4 Å². The molecule has 2 aromatic rings. The number of allylic oxidation sites excluding steroid dienone is 5. The van der Waals surface area contributed by atoms with Crippen molar-refractivity contribution in [2.24, 2.45) is 0 Å². The van der Waals surface area contributed by atoms with E-state index in [9.17, 15) is 19.5 Å². The number of nitrogens with one attached hydrogen (secondary N) is 2. The number of aromatic nitrogens is 4. The highest BCUT2D eigenvalue weighted by molar-refractivity contribution is 6.23. The molecule has 1 saturated heterocycles. The Labute approximate surface area is 316 Å². The molecule has 2 aromatic heterocycles. The SMILES string of the molecule is CCC1=C(C)c2cc3nc(cc4[nH]c(c5c6[nH]c(cc1n2)c(C)c6C(=O)N(CCN1CCOCC1)C5=O)[C@@H](CCC(=O)O)[C@@H]4C)C(C)=C3/C=C\CN(C)C. The van der Waals surface area contributed by atoms with Gasteiger partial charge < -0.3 is 24.7 Å². The first-order valence-corrected chi connectivity index (χ1v) is 19.1. The number of carbonyl (C=O) groups excluding carboxylic acids is 2. The standard InChI is InChI=1S/C42H51N7O5/c1-8-27-23(2)31-21-35-28(10-9-13-47(6)7)24(3)30(44-35)20-32-25(4)29(11-12-36(50)51)39(45-32)38-40-37(26(5)33(46-40)22-34(27)43-31)41(52)49(42(38)53)15-14-48-16-18-54-19-17-48/h9-10,20-22,25,29,45-46H,8,11-19H2,1-7H3,(H,50,51)/b10-9-,32-20?,34-22?,35-21?,39-38?/t25-,29-/m0/s1. The van der Waals surface area contributed by atoms with E-state index in [1.165, 1.54) is 4.90 Å². The van der Waals surface area contributed by atoms with Gasteiger partial charge in [-0.1, -0.05) is 26.0 Å². The first kappa shape index (κ1) is 37.4. The number of morpholine rings is 1. The Morgan fingerprint density at radius 2 is 1.67 bits per heavy atom. The Kier molecular flexibility index (Phi) is 10.4. The van der Waals surface area contributed by atoms with Gasteiger partial charge in [-0.3, -0.25) is 24.2 Å². The second-order valence-corrected chi connectivity index (χ2v) is 15.2. The number of aryl methyl sites for hydroxylation is 1. The van der Waals surface area contributed by atoms with Crippen molar-refractivity contribution < 1.29 is 24.2 Å². The van der Waals surface area contributed by atoms with Crippen molar-refractivity contribution >= 4 is 51.1 Å². The van der Waals surface area contributed by atoms with Crippen molar-refractivity contribution in [3.05, 3.63) is 81.2 Å². The Morgan fingerprint density at radius 3 is 2.37 bits per heavy atom. The van der Waals surface area contributed by atoms with Gasteiger partial charge in [-0.25, -0.2) is 9.97 Å². The average molecular weight is 734 g/mol. The number of amides is 2. The number of likely N-dealkylation sites (N-methyl/N-ethyl adjacent to an activating group) is 1. The highest BCUT2D eigenvalue weighted by Crippen LogP contribution is 2.44. The van der Waals surface area contributed by atoms with Crippen LogP contribution in [0.5, 0.6) is 0 Å². The zero-order chi connectivity index (χ0) is 38.4. The Hall–Kier alpha value is -4.91. The van der Waals surface area contributed by atoms with Gasteiger partial charge in [-0.2, -0.15) is 0 Å². The minimum atomic E-state index is -0.903. The van der Waals surface area contributed by atoms with E-state index < -0.39 is 11.9 Å². The summed E-state index contributed by atoms with van der Waals surface area (Å²) in [5.74, 6) is -2.12. The number of imide groups is 1. The quantitative estimate of drug-likeness (QED) is 0.236. The van der Waals surface area contributed by atoms with Gasteiger partial charge in [0, 0.05) is 73.5 Å². The number of rotatable bonds is 10. The first-order valence-electron chi connectivity index (χ1n) is 19.1. The van der Waals surface area contributed by atoms with Crippen LogP contribution in [0.1, 0.15) is 119 Å². The van der Waals surface area contributed by atoms with Crippen LogP contribution in [-0.2, 0) is 9.53 Å². The summed E-state index contributed by atoms with van der Waals surface area (Å²) in [6.07, 6.45) is 5.26. The Bertz CT molecular complexity index is 2200. The molecule has 0 aliphatic carbocycles. The molecule has 3 N–H and O–H groups in total. The summed E-state index contributed by atoms with van der Waals surface area (Å²) < 4.78 is 5.53. The second kappa shape index (κ2) is 15.1. The largest absolute Gasteiger partial charge is 0.481 e. The fraction of sp³-hybridized carbons (Fsp3) is 0.452. The minimum Gasteiger partial charge on any atom is -0.481 e. The first-order chi connectivity index (χ1) is 25.9. The molecule has 12 nitrogen and oxygen atoms in total. The molecule has 5 aliphatic heterocycles. The molecule has 5 aliphatic rings. The number of carbonyl (C=O) groups is 3. The van der Waals surface area contributed by atoms with Crippen molar-refractivity contribution in [1.29, 1.82) is 0 Å². The van der Waals surface area contributed by atoms with E-state index in [2.05, 4.69) is 65.7 Å². The van der Waals surface area contributed by atoms with Gasteiger partial charge in [0.1, 0.15) is 0 Å². The van der Waals surface area contributed by atoms with Gasteiger partial charge in [0.15, 0.2) is 0 Å². The summed E-state index contributed by atoms with van der Waals surface area (Å²) in [7, 11) is 4.07. The number of ether oxygens (including phenoxy) is 1. The predicted molar refractivity (Wildman–Crippen MR) is 211 cm³/mol. The van der Waals surface area contributed by atoms with Crippen molar-refractivity contribution in [2.45, 2.75) is 65.7 Å². The fourth-order valence-electron chi connectivity index (χ4n) is 8.31. The fourth-order valence-corrected chi connectivity index (χ4v) is 8.31. The molecule has 0 aromatic carbocycles. The molecule has 7 rings (SSSR count). The van der Waals surface area contributed by atoms with E-state index in [1.807, 2.05) is 33.2 Å². The Balaban J connectivity index is 1.53. The molecule has 0 saturated carbocycles. The number of carboxylic acid groups (broad SMARTS) is 1. The van der Waals surface area contributed by atoms with Gasteiger partial charge in [-0.15, -0.1) is 0 Å². The van der Waals surface area contributed by atoms with Gasteiger partial charge in [0.2, 0.25) is 0 Å². The topological polar surface area (TPSA) is 148 Å². The molecule has 0 spiro atoms. The van der Waals surface area contributed by atoms with E-state index >= 15 is 0 Å². The van der Waals surface area contributed by atoms with E-state index in [-0.39, 0.29) is 30.7 Å². The highest BCUT2D eigenvalue weighted by Gasteiger charge is 2.40. The summed E-state index contributed by atoms with van der Waals surface area (Å²) in [5, 5.41) is 9.82. The number of hydrogen-bond acceptors (Lipinski definition) is 8. The summed E-state index contributed by atoms with van der Waals surface area (Å²) in [5.41, 5.74) is 11.7. The molecule has 12 heteroatoms. The molecular formula is C42H51N7O5. The lowest BCUT2D eigenvalue weighted by molar-refractivity contribution is -0.137. The van der Waals surface area contributed by atoms with Crippen LogP contribution >= 0.6 is 0 Å². The number of aromatic amines is 2. The van der Waals surface area contributed by atoms with Gasteiger partial charge >= 0.3 is 5.97 Å². The van der Waals surface area contributed by atoms with Crippen LogP contribution in [0.3, 0.4) is 0 Å². The van der Waals surface area contributed by atoms with Crippen LogP contribution in [0.25, 0.3) is 33.3 Å². The number of hydrogen-bond donors (Lipinski definition) is 3. The smallest absolute Gasteiger partial charge is 0.303 e. The van der Waals surface area contributed by atoms with Crippen molar-refractivity contribution in [3.8, 4) is 0 Å². The maximum Gasteiger partial charge on any atom is 0.303 e. The van der Waals surface area contributed by atoms with Crippen molar-refractivity contribution in [1.82, 2.24) is 34.6 Å². The van der Waals surface area contributed by atoms with Crippen molar-refractivity contribution in [2.75, 3.05) is 60.0 Å². The molecule has 0 unspecified atom stereocenters. The molecule has 8 bridgehead atoms. The van der Waals surface area contributed by atoms with Crippen LogP contribution in [-0.4, -0.2) is 118 Å². The van der Waals surface area contributed by atoms with Crippen LogP contribution < -0.4 is 0 Å². The number of fused-ring (bicyclic) bond motifs is 8. The Morgan fingerprint density at radius 1 is 0.963 bits per heavy atom. The summed E-state index contributed by atoms with van der Waals surface area (Å²) in [6.45, 7) is 14.5. The summed E-state index contributed by atoms with van der Waals surface area (Å²) in [4.78, 5) is 64.4. The third-order valence-corrected chi connectivity index (χ3v) is 11.5. The van der Waals surface area contributed by atoms with Crippen LogP contribution in [0, 0.1) is 6.92 Å².